The first-order valence-corrected chi connectivity index (χ1v) is 8.72. The van der Waals surface area contributed by atoms with E-state index in [0.29, 0.717) is 12.8 Å². The second-order valence-corrected chi connectivity index (χ2v) is 7.43. The molecule has 2 amide bonds. The van der Waals surface area contributed by atoms with E-state index in [1.165, 1.54) is 17.0 Å². The lowest BCUT2D eigenvalue weighted by atomic mass is 10.1. The van der Waals surface area contributed by atoms with Gasteiger partial charge in [0.2, 0.25) is 0 Å². The summed E-state index contributed by atoms with van der Waals surface area (Å²) in [5, 5.41) is 2.74. The Labute approximate surface area is 159 Å². The van der Waals surface area contributed by atoms with Gasteiger partial charge in [-0.2, -0.15) is 0 Å². The quantitative estimate of drug-likeness (QED) is 0.860. The Morgan fingerprint density at radius 3 is 2.85 bits per heavy atom. The molecule has 0 aliphatic carbocycles. The summed E-state index contributed by atoms with van der Waals surface area (Å²) in [6, 6.07) is 3.61. The van der Waals surface area contributed by atoms with Gasteiger partial charge in [0.1, 0.15) is 17.2 Å². The normalized spacial score (nSPS) is 21.0. The molecule has 1 aromatic rings. The smallest absolute Gasteiger partial charge is 0.410 e. The molecule has 1 fully saturated rings. The highest BCUT2D eigenvalue weighted by atomic mass is 35.5. The average Bonchev–Trinajstić information content (AvgIpc) is 2.56. The molecule has 0 aromatic heterocycles. The number of rotatable bonds is 4. The first kappa shape index (κ1) is 18.8. The van der Waals surface area contributed by atoms with Gasteiger partial charge in [0.25, 0.3) is 5.91 Å². The van der Waals surface area contributed by atoms with Crippen molar-refractivity contribution < 1.29 is 24.8 Å². The maximum atomic E-state index is 13.4. The van der Waals surface area contributed by atoms with E-state index in [0.717, 1.165) is 6.07 Å². The molecular formula is C18H24ClFN2O4. The van der Waals surface area contributed by atoms with Crippen LogP contribution in [0.15, 0.2) is 18.2 Å². The average molecular weight is 388 g/mol. The molecule has 1 aliphatic heterocycles. The molecule has 2 atom stereocenters. The van der Waals surface area contributed by atoms with Gasteiger partial charge in [0.15, 0.2) is 6.61 Å². The Morgan fingerprint density at radius 1 is 1.46 bits per heavy atom. The minimum absolute atomic E-state index is 0.0267. The second-order valence-electron chi connectivity index (χ2n) is 7.02. The summed E-state index contributed by atoms with van der Waals surface area (Å²) < 4.78 is 31.9. The molecule has 1 unspecified atom stereocenters. The van der Waals surface area contributed by atoms with Gasteiger partial charge in [0, 0.05) is 26.5 Å². The van der Waals surface area contributed by atoms with E-state index >= 15 is 0 Å². The number of amides is 2. The fourth-order valence-electron chi connectivity index (χ4n) is 2.41. The number of nitrogens with one attached hydrogen (secondary N) is 1. The van der Waals surface area contributed by atoms with E-state index in [-0.39, 0.29) is 30.0 Å². The van der Waals surface area contributed by atoms with Crippen LogP contribution in [0, 0.1) is 5.82 Å². The molecule has 0 bridgehead atoms. The molecular weight excluding hydrogens is 363 g/mol. The van der Waals surface area contributed by atoms with Crippen molar-refractivity contribution in [2.45, 2.75) is 45.3 Å². The molecule has 8 heteroatoms. The van der Waals surface area contributed by atoms with E-state index < -0.39 is 29.9 Å². The lowest BCUT2D eigenvalue weighted by molar-refractivity contribution is -0.124. The van der Waals surface area contributed by atoms with Crippen LogP contribution in [0.25, 0.3) is 0 Å². The van der Waals surface area contributed by atoms with E-state index in [1.807, 2.05) is 0 Å². The molecule has 1 N–H and O–H groups in total. The SMILES string of the molecule is [2H]C1CC[C@@H](NC(=O)COc2ccc(Cl)c(F)c2)CN1C(=O)OC(C)(C)C. The second kappa shape index (κ2) is 8.58. The summed E-state index contributed by atoms with van der Waals surface area (Å²) in [6.45, 7) is 4.44. The molecule has 26 heavy (non-hydrogen) atoms. The molecule has 0 saturated carbocycles. The van der Waals surface area contributed by atoms with Crippen LogP contribution in [0.3, 0.4) is 0 Å². The van der Waals surface area contributed by atoms with Crippen LogP contribution < -0.4 is 10.1 Å². The van der Waals surface area contributed by atoms with Crippen LogP contribution in [0.4, 0.5) is 9.18 Å². The highest BCUT2D eigenvalue weighted by Crippen LogP contribution is 2.20. The molecule has 1 aliphatic rings. The van der Waals surface area contributed by atoms with Crippen molar-refractivity contribution in [2.75, 3.05) is 19.7 Å². The molecule has 0 spiro atoms. The van der Waals surface area contributed by atoms with Crippen LogP contribution in [0.5, 0.6) is 5.75 Å². The van der Waals surface area contributed by atoms with Crippen LogP contribution in [0.1, 0.15) is 35.0 Å². The van der Waals surface area contributed by atoms with E-state index in [1.54, 1.807) is 20.8 Å². The number of benzene rings is 1. The first-order chi connectivity index (χ1) is 12.5. The number of nitrogens with zero attached hydrogens (tertiary/aromatic N) is 1. The summed E-state index contributed by atoms with van der Waals surface area (Å²) >= 11 is 5.60. The minimum atomic E-state index is -0.707. The Hall–Kier alpha value is -2.02. The summed E-state index contributed by atoms with van der Waals surface area (Å²) in [5.41, 5.74) is -0.658. The fraction of sp³-hybridized carbons (Fsp3) is 0.556. The zero-order valence-electron chi connectivity index (χ0n) is 16.1. The summed E-state index contributed by atoms with van der Waals surface area (Å²) in [6.07, 6.45) is 0.414. The fourth-order valence-corrected chi connectivity index (χ4v) is 2.52. The molecule has 0 radical (unpaired) electrons. The van der Waals surface area contributed by atoms with Crippen molar-refractivity contribution in [3.8, 4) is 5.75 Å². The molecule has 144 valence electrons. The Kier molecular flexibility index (Phi) is 6.19. The van der Waals surface area contributed by atoms with Crippen molar-refractivity contribution in [3.05, 3.63) is 29.0 Å². The molecule has 1 heterocycles. The predicted molar refractivity (Wildman–Crippen MR) is 95.9 cm³/mol. The number of carbonyl (C=O) groups is 2. The van der Waals surface area contributed by atoms with Gasteiger partial charge in [0.05, 0.1) is 5.02 Å². The van der Waals surface area contributed by atoms with Gasteiger partial charge in [-0.05, 0) is 45.7 Å². The Bertz CT molecular complexity index is 698. The van der Waals surface area contributed by atoms with Gasteiger partial charge in [-0.3, -0.25) is 4.79 Å². The third-order valence-electron chi connectivity index (χ3n) is 3.54. The number of piperidine rings is 1. The summed E-state index contributed by atoms with van der Waals surface area (Å²) in [7, 11) is 0. The van der Waals surface area contributed by atoms with Gasteiger partial charge in [-0.15, -0.1) is 0 Å². The van der Waals surface area contributed by atoms with Gasteiger partial charge >= 0.3 is 6.09 Å². The van der Waals surface area contributed by atoms with Crippen LogP contribution in [-0.4, -0.2) is 48.2 Å². The highest BCUT2D eigenvalue weighted by molar-refractivity contribution is 6.30. The minimum Gasteiger partial charge on any atom is -0.484 e. The topological polar surface area (TPSA) is 67.9 Å². The maximum Gasteiger partial charge on any atom is 0.410 e. The number of halogens is 2. The molecule has 6 nitrogen and oxygen atoms in total. The number of hydrogen-bond donors (Lipinski definition) is 1. The van der Waals surface area contributed by atoms with Crippen LogP contribution in [0.2, 0.25) is 5.02 Å². The highest BCUT2D eigenvalue weighted by Gasteiger charge is 2.28. The van der Waals surface area contributed by atoms with E-state index in [2.05, 4.69) is 5.32 Å². The van der Waals surface area contributed by atoms with Crippen LogP contribution >= 0.6 is 11.6 Å². The standard InChI is InChI=1S/C18H24ClFN2O4/c1-18(2,3)26-17(24)22-8-4-5-12(10-22)21-16(23)11-25-13-6-7-14(19)15(20)9-13/h6-7,9,12H,4-5,8,10-11H2,1-3H3,(H,21,23)/t12-/m1/s1/i8D/t8?,12-. The Morgan fingerprint density at radius 2 is 2.19 bits per heavy atom. The van der Waals surface area contributed by atoms with Crippen molar-refractivity contribution in [1.82, 2.24) is 10.2 Å². The summed E-state index contributed by atoms with van der Waals surface area (Å²) in [4.78, 5) is 25.6. The monoisotopic (exact) mass is 387 g/mol. The van der Waals surface area contributed by atoms with Crippen molar-refractivity contribution in [3.63, 3.8) is 0 Å². The van der Waals surface area contributed by atoms with Gasteiger partial charge in [-0.1, -0.05) is 11.6 Å². The molecule has 2 rings (SSSR count). The number of carbonyl (C=O) groups excluding carboxylic acids is 2. The molecule has 1 aromatic carbocycles. The van der Waals surface area contributed by atoms with Crippen molar-refractivity contribution >= 4 is 23.6 Å². The molecule has 1 saturated heterocycles. The number of ether oxygens (including phenoxy) is 2. The van der Waals surface area contributed by atoms with Gasteiger partial charge in [-0.25, -0.2) is 9.18 Å². The lowest BCUT2D eigenvalue weighted by Gasteiger charge is -2.34. The van der Waals surface area contributed by atoms with Crippen molar-refractivity contribution in [1.29, 1.82) is 0 Å². The van der Waals surface area contributed by atoms with Crippen molar-refractivity contribution in [2.24, 2.45) is 0 Å². The largest absolute Gasteiger partial charge is 0.484 e. The maximum absolute atomic E-state index is 13.4. The van der Waals surface area contributed by atoms with Crippen LogP contribution in [-0.2, 0) is 9.53 Å². The third kappa shape index (κ3) is 6.37. The third-order valence-corrected chi connectivity index (χ3v) is 3.84. The first-order valence-electron chi connectivity index (χ1n) is 8.92. The lowest BCUT2D eigenvalue weighted by Crippen LogP contribution is -2.51. The number of hydrogen-bond acceptors (Lipinski definition) is 4. The van der Waals surface area contributed by atoms with Gasteiger partial charge < -0.3 is 19.7 Å². The number of likely N-dealkylation sites (tertiary alicyclic amines) is 1. The predicted octanol–water partition coefficient (Wildman–Crippen LogP) is 3.37. The Balaban J connectivity index is 1.86. The van der Waals surface area contributed by atoms with E-state index in [4.69, 9.17) is 22.4 Å². The summed E-state index contributed by atoms with van der Waals surface area (Å²) in [5.74, 6) is -0.837. The zero-order chi connectivity index (χ0) is 20.2. The zero-order valence-corrected chi connectivity index (χ0v) is 15.8. The van der Waals surface area contributed by atoms with E-state index in [9.17, 15) is 14.0 Å².